The number of aromatic nitrogens is 3. The van der Waals surface area contributed by atoms with Gasteiger partial charge in [0.25, 0.3) is 11.5 Å². The number of carbonyl (C=O) groups is 1. The smallest absolute Gasteiger partial charge is 0.272 e. The number of piperidine rings is 1. The van der Waals surface area contributed by atoms with Crippen LogP contribution in [0.2, 0.25) is 0 Å². The maximum absolute atomic E-state index is 12.5. The third-order valence-corrected chi connectivity index (χ3v) is 6.96. The van der Waals surface area contributed by atoms with E-state index in [4.69, 9.17) is 5.26 Å². The molecule has 3 aromatic heterocycles. The number of nitrogens with zero attached hydrogens (tertiary/aromatic N) is 5. The highest BCUT2D eigenvalue weighted by molar-refractivity contribution is 5.92. The Kier molecular flexibility index (Phi) is 5.60. The third kappa shape index (κ3) is 4.10. The van der Waals surface area contributed by atoms with E-state index in [-0.39, 0.29) is 17.4 Å². The lowest BCUT2D eigenvalue weighted by atomic mass is 10.0. The maximum Gasteiger partial charge on any atom is 0.272 e. The summed E-state index contributed by atoms with van der Waals surface area (Å²) in [5, 5.41) is 11.7. The number of hydrogen-bond donors (Lipinski definition) is 2. The molecule has 2 aliphatic heterocycles. The van der Waals surface area contributed by atoms with Crippen molar-refractivity contribution >= 4 is 17.1 Å². The topological polar surface area (TPSA) is 110 Å². The van der Waals surface area contributed by atoms with Crippen molar-refractivity contribution in [1.29, 1.82) is 5.26 Å². The Labute approximate surface area is 191 Å². The van der Waals surface area contributed by atoms with Crippen molar-refractivity contribution in [3.05, 3.63) is 64.1 Å². The molecule has 1 atom stereocenters. The minimum absolute atomic E-state index is 0.142. The first-order valence-electron chi connectivity index (χ1n) is 11.4. The first-order valence-corrected chi connectivity index (χ1v) is 11.4. The Hall–Kier alpha value is -3.64. The molecule has 0 aromatic carbocycles. The van der Waals surface area contributed by atoms with Crippen molar-refractivity contribution in [2.75, 3.05) is 38.1 Å². The Morgan fingerprint density at radius 2 is 2.03 bits per heavy atom. The zero-order chi connectivity index (χ0) is 22.9. The Morgan fingerprint density at radius 1 is 1.21 bits per heavy atom. The van der Waals surface area contributed by atoms with Crippen LogP contribution >= 0.6 is 0 Å². The molecule has 9 heteroatoms. The van der Waals surface area contributed by atoms with Gasteiger partial charge in [-0.05, 0) is 44.0 Å². The fourth-order valence-electron chi connectivity index (χ4n) is 5.11. The molecule has 170 valence electrons. The summed E-state index contributed by atoms with van der Waals surface area (Å²) in [6.45, 7) is 3.86. The van der Waals surface area contributed by atoms with Gasteiger partial charge in [0, 0.05) is 56.7 Å². The number of aromatic amines is 1. The van der Waals surface area contributed by atoms with Crippen molar-refractivity contribution in [2.45, 2.75) is 31.2 Å². The molecule has 0 saturated carbocycles. The molecular formula is C24H27N7O2. The van der Waals surface area contributed by atoms with Crippen LogP contribution in [0.1, 0.15) is 46.9 Å². The van der Waals surface area contributed by atoms with Crippen LogP contribution in [-0.4, -0.2) is 64.4 Å². The molecule has 1 unspecified atom stereocenters. The van der Waals surface area contributed by atoms with Crippen LogP contribution in [0.3, 0.4) is 0 Å². The number of hydrogen-bond acceptors (Lipinski definition) is 6. The lowest BCUT2D eigenvalue weighted by molar-refractivity contribution is 0.0958. The van der Waals surface area contributed by atoms with Gasteiger partial charge in [-0.25, -0.2) is 4.98 Å². The van der Waals surface area contributed by atoms with Crippen LogP contribution in [0, 0.1) is 11.3 Å². The van der Waals surface area contributed by atoms with Crippen molar-refractivity contribution in [2.24, 2.45) is 0 Å². The van der Waals surface area contributed by atoms with Gasteiger partial charge in [0.05, 0.1) is 17.4 Å². The number of nitrogens with one attached hydrogen (secondary N) is 2. The molecule has 2 N–H and O–H groups in total. The SMILES string of the molecule is CNC(=O)c1ccc(N2CCC(N3CCC(c4cn5cc(C#N)cc5c(=O)[nH]4)C3)CC2)cn1. The van der Waals surface area contributed by atoms with Crippen LogP contribution in [0.15, 0.2) is 41.6 Å². The predicted molar refractivity (Wildman–Crippen MR) is 125 cm³/mol. The standard InChI is InChI=1S/C24H27N7O2/c1-26-23(32)20-3-2-19(12-27-20)29-8-5-18(6-9-29)30-7-4-17(14-30)21-15-31-13-16(11-25)10-22(31)24(33)28-21/h2-3,10,12-13,15,17-18H,4-9,14H2,1H3,(H,26,32)(H,28,33). The lowest BCUT2D eigenvalue weighted by Crippen LogP contribution is -2.44. The molecule has 0 aliphatic carbocycles. The van der Waals surface area contributed by atoms with Gasteiger partial charge >= 0.3 is 0 Å². The summed E-state index contributed by atoms with van der Waals surface area (Å²) < 4.78 is 1.78. The molecule has 0 spiro atoms. The molecule has 1 amide bonds. The Bertz CT molecular complexity index is 1260. The number of H-pyrrole nitrogens is 1. The van der Waals surface area contributed by atoms with Crippen LogP contribution < -0.4 is 15.8 Å². The van der Waals surface area contributed by atoms with Gasteiger partial charge in [0.1, 0.15) is 17.3 Å². The molecule has 3 aromatic rings. The second-order valence-electron chi connectivity index (χ2n) is 8.85. The van der Waals surface area contributed by atoms with Crippen LogP contribution in [0.4, 0.5) is 5.69 Å². The molecular weight excluding hydrogens is 418 g/mol. The summed E-state index contributed by atoms with van der Waals surface area (Å²) in [4.78, 5) is 36.4. The fourth-order valence-corrected chi connectivity index (χ4v) is 5.11. The van der Waals surface area contributed by atoms with Crippen LogP contribution in [0.25, 0.3) is 5.52 Å². The van der Waals surface area contributed by atoms with E-state index in [1.54, 1.807) is 36.0 Å². The first-order chi connectivity index (χ1) is 16.1. The number of likely N-dealkylation sites (tertiary alicyclic amines) is 1. The Morgan fingerprint density at radius 3 is 2.73 bits per heavy atom. The minimum atomic E-state index is -0.174. The second-order valence-corrected chi connectivity index (χ2v) is 8.85. The normalized spacial score (nSPS) is 19.6. The number of fused-ring (bicyclic) bond motifs is 1. The predicted octanol–water partition coefficient (Wildman–Crippen LogP) is 1.71. The zero-order valence-electron chi connectivity index (χ0n) is 18.6. The summed E-state index contributed by atoms with van der Waals surface area (Å²) in [7, 11) is 1.60. The van der Waals surface area contributed by atoms with Crippen molar-refractivity contribution in [1.82, 2.24) is 24.6 Å². The summed E-state index contributed by atoms with van der Waals surface area (Å²) in [5.74, 6) is 0.112. The summed E-state index contributed by atoms with van der Waals surface area (Å²) in [6, 6.07) is 7.99. The van der Waals surface area contributed by atoms with E-state index >= 15 is 0 Å². The lowest BCUT2D eigenvalue weighted by Gasteiger charge is -2.37. The van der Waals surface area contributed by atoms with Gasteiger partial charge in [0.2, 0.25) is 0 Å². The van der Waals surface area contributed by atoms with Gasteiger partial charge in [0.15, 0.2) is 0 Å². The van der Waals surface area contributed by atoms with E-state index in [2.05, 4.69) is 31.2 Å². The third-order valence-electron chi connectivity index (χ3n) is 6.96. The van der Waals surface area contributed by atoms with E-state index in [1.807, 2.05) is 12.3 Å². The van der Waals surface area contributed by atoms with Gasteiger partial charge in [-0.15, -0.1) is 0 Å². The largest absolute Gasteiger partial charge is 0.370 e. The molecule has 2 saturated heterocycles. The fraction of sp³-hybridized carbons (Fsp3) is 0.417. The minimum Gasteiger partial charge on any atom is -0.370 e. The summed E-state index contributed by atoms with van der Waals surface area (Å²) >= 11 is 0. The van der Waals surface area contributed by atoms with E-state index in [9.17, 15) is 9.59 Å². The monoisotopic (exact) mass is 445 g/mol. The molecule has 9 nitrogen and oxygen atoms in total. The highest BCUT2D eigenvalue weighted by atomic mass is 16.1. The molecule has 0 bridgehead atoms. The highest BCUT2D eigenvalue weighted by Gasteiger charge is 2.32. The molecule has 2 aliphatic rings. The molecule has 2 fully saturated rings. The van der Waals surface area contributed by atoms with E-state index in [1.165, 1.54) is 0 Å². The number of anilines is 1. The highest BCUT2D eigenvalue weighted by Crippen LogP contribution is 2.31. The molecule has 0 radical (unpaired) electrons. The average molecular weight is 446 g/mol. The van der Waals surface area contributed by atoms with Crippen LogP contribution in [-0.2, 0) is 0 Å². The number of pyridine rings is 1. The van der Waals surface area contributed by atoms with Gasteiger partial charge in [-0.2, -0.15) is 5.26 Å². The van der Waals surface area contributed by atoms with Crippen molar-refractivity contribution < 1.29 is 4.79 Å². The van der Waals surface area contributed by atoms with Gasteiger partial charge in [-0.3, -0.25) is 14.5 Å². The van der Waals surface area contributed by atoms with E-state index in [0.717, 1.165) is 56.8 Å². The number of amides is 1. The maximum atomic E-state index is 12.5. The van der Waals surface area contributed by atoms with Crippen LogP contribution in [0.5, 0.6) is 0 Å². The van der Waals surface area contributed by atoms with Gasteiger partial charge in [-0.1, -0.05) is 0 Å². The average Bonchev–Trinajstić information content (AvgIpc) is 3.51. The van der Waals surface area contributed by atoms with E-state index in [0.29, 0.717) is 22.8 Å². The number of rotatable bonds is 4. The quantitative estimate of drug-likeness (QED) is 0.633. The first kappa shape index (κ1) is 21.2. The van der Waals surface area contributed by atoms with Gasteiger partial charge < -0.3 is 19.6 Å². The zero-order valence-corrected chi connectivity index (χ0v) is 18.6. The Balaban J connectivity index is 1.21. The summed E-state index contributed by atoms with van der Waals surface area (Å²) in [5.41, 5.74) is 3.28. The van der Waals surface area contributed by atoms with E-state index < -0.39 is 0 Å². The molecule has 5 heterocycles. The second kappa shape index (κ2) is 8.71. The van der Waals surface area contributed by atoms with Crippen molar-refractivity contribution in [3.63, 3.8) is 0 Å². The number of nitriles is 1. The number of carbonyl (C=O) groups excluding carboxylic acids is 1. The van der Waals surface area contributed by atoms with Crippen molar-refractivity contribution in [3.8, 4) is 6.07 Å². The molecule has 33 heavy (non-hydrogen) atoms. The molecule has 5 rings (SSSR count). The summed E-state index contributed by atoms with van der Waals surface area (Å²) in [6.07, 6.45) is 8.61.